The summed E-state index contributed by atoms with van der Waals surface area (Å²) in [5.41, 5.74) is 0.771. The molecule has 0 aromatic heterocycles. The zero-order chi connectivity index (χ0) is 22.5. The largest absolute Gasteiger partial charge is 0.362 e. The molecule has 0 fully saturated rings. The molecule has 4 atom stereocenters. The van der Waals surface area contributed by atoms with Crippen molar-refractivity contribution >= 4 is 0 Å². The standard InChI is InChI=1S/C26H54NO2/c1-11-13-23(28-17-15-21(3)19-25(5,6)7)27-24(14-12-2)29-18-16-22(4)20-26(8,9)10/h21-24H,11-20H2,1-10H3. The second-order valence-corrected chi connectivity index (χ2v) is 11.7. The molecule has 0 aromatic rings. The van der Waals surface area contributed by atoms with Crippen LogP contribution in [0.1, 0.15) is 121 Å². The van der Waals surface area contributed by atoms with Crippen LogP contribution in [0.25, 0.3) is 0 Å². The molecule has 3 heteroatoms. The maximum absolute atomic E-state index is 6.19. The second kappa shape index (κ2) is 14.8. The van der Waals surface area contributed by atoms with Gasteiger partial charge < -0.3 is 9.47 Å². The summed E-state index contributed by atoms with van der Waals surface area (Å²) in [6.07, 6.45) is 8.79. The van der Waals surface area contributed by atoms with Crippen LogP contribution in [0.4, 0.5) is 0 Å². The Morgan fingerprint density at radius 2 is 0.966 bits per heavy atom. The lowest BCUT2D eigenvalue weighted by molar-refractivity contribution is -0.0604. The third-order valence-electron chi connectivity index (χ3n) is 5.17. The Balaban J connectivity index is 4.41. The fraction of sp³-hybridized carbons (Fsp3) is 1.00. The first-order chi connectivity index (χ1) is 13.4. The molecule has 175 valence electrons. The highest BCUT2D eigenvalue weighted by atomic mass is 16.5. The summed E-state index contributed by atoms with van der Waals surface area (Å²) in [4.78, 5) is 0. The highest BCUT2D eigenvalue weighted by Gasteiger charge is 2.20. The molecule has 0 saturated carbocycles. The SMILES string of the molecule is CCCC([N]C(CCC)OCCC(C)CC(C)(C)C)OCCC(C)CC(C)(C)C. The maximum Gasteiger partial charge on any atom is 0.126 e. The van der Waals surface area contributed by atoms with Crippen molar-refractivity contribution in [2.24, 2.45) is 22.7 Å². The lowest BCUT2D eigenvalue weighted by Crippen LogP contribution is -2.36. The number of rotatable bonds is 16. The van der Waals surface area contributed by atoms with E-state index in [0.29, 0.717) is 22.7 Å². The van der Waals surface area contributed by atoms with E-state index in [9.17, 15) is 0 Å². The Morgan fingerprint density at radius 3 is 1.24 bits per heavy atom. The van der Waals surface area contributed by atoms with Crippen molar-refractivity contribution in [1.82, 2.24) is 5.32 Å². The van der Waals surface area contributed by atoms with Crippen molar-refractivity contribution in [3.8, 4) is 0 Å². The Kier molecular flexibility index (Phi) is 14.7. The van der Waals surface area contributed by atoms with Gasteiger partial charge in [0.2, 0.25) is 0 Å². The third-order valence-corrected chi connectivity index (χ3v) is 5.17. The van der Waals surface area contributed by atoms with Gasteiger partial charge in [0, 0.05) is 13.2 Å². The molecular formula is C26H54NO2. The fourth-order valence-corrected chi connectivity index (χ4v) is 4.19. The smallest absolute Gasteiger partial charge is 0.126 e. The zero-order valence-electron chi connectivity index (χ0n) is 21.6. The van der Waals surface area contributed by atoms with Gasteiger partial charge >= 0.3 is 0 Å². The normalized spacial score (nSPS) is 17.2. The first-order valence-electron chi connectivity index (χ1n) is 12.3. The minimum Gasteiger partial charge on any atom is -0.362 e. The minimum absolute atomic E-state index is 0.0228. The van der Waals surface area contributed by atoms with Crippen LogP contribution in [0.15, 0.2) is 0 Å². The van der Waals surface area contributed by atoms with Gasteiger partial charge in [-0.1, -0.05) is 82.1 Å². The predicted molar refractivity (Wildman–Crippen MR) is 127 cm³/mol. The number of hydrogen-bond donors (Lipinski definition) is 0. The van der Waals surface area contributed by atoms with Crippen LogP contribution in [0, 0.1) is 22.7 Å². The van der Waals surface area contributed by atoms with Crippen LogP contribution in [0.5, 0.6) is 0 Å². The van der Waals surface area contributed by atoms with Crippen LogP contribution in [-0.4, -0.2) is 25.7 Å². The summed E-state index contributed by atoms with van der Waals surface area (Å²) in [6, 6.07) is 0. The predicted octanol–water partition coefficient (Wildman–Crippen LogP) is 7.80. The van der Waals surface area contributed by atoms with E-state index in [-0.39, 0.29) is 12.5 Å². The zero-order valence-corrected chi connectivity index (χ0v) is 21.6. The van der Waals surface area contributed by atoms with Crippen LogP contribution < -0.4 is 5.32 Å². The molecule has 0 saturated heterocycles. The molecular weight excluding hydrogens is 358 g/mol. The van der Waals surface area contributed by atoms with E-state index in [1.165, 1.54) is 12.8 Å². The van der Waals surface area contributed by atoms with Gasteiger partial charge in [-0.3, -0.25) is 0 Å². The van der Waals surface area contributed by atoms with Crippen molar-refractivity contribution in [2.75, 3.05) is 13.2 Å². The van der Waals surface area contributed by atoms with E-state index in [0.717, 1.165) is 51.7 Å². The van der Waals surface area contributed by atoms with Gasteiger partial charge in [-0.2, -0.15) is 5.32 Å². The number of nitrogens with zero attached hydrogens (tertiary/aromatic N) is 1. The highest BCUT2D eigenvalue weighted by Crippen LogP contribution is 2.27. The Hall–Kier alpha value is -0.120. The Bertz CT molecular complexity index is 347. The molecule has 0 aliphatic rings. The van der Waals surface area contributed by atoms with Crippen molar-refractivity contribution in [3.63, 3.8) is 0 Å². The molecule has 1 radical (unpaired) electrons. The monoisotopic (exact) mass is 412 g/mol. The summed E-state index contributed by atoms with van der Waals surface area (Å²) >= 11 is 0. The molecule has 0 aliphatic heterocycles. The molecule has 0 aromatic carbocycles. The summed E-state index contributed by atoms with van der Waals surface area (Å²) in [6.45, 7) is 24.6. The number of ether oxygens (including phenoxy) is 2. The van der Waals surface area contributed by atoms with E-state index < -0.39 is 0 Å². The Morgan fingerprint density at radius 1 is 0.621 bits per heavy atom. The summed E-state index contributed by atoms with van der Waals surface area (Å²) in [7, 11) is 0. The van der Waals surface area contributed by atoms with Gasteiger partial charge in [0.05, 0.1) is 0 Å². The molecule has 0 rings (SSSR count). The second-order valence-electron chi connectivity index (χ2n) is 11.7. The van der Waals surface area contributed by atoms with Gasteiger partial charge in [-0.15, -0.1) is 0 Å². The third kappa shape index (κ3) is 18.4. The van der Waals surface area contributed by atoms with Crippen LogP contribution in [0.2, 0.25) is 0 Å². The van der Waals surface area contributed by atoms with E-state index >= 15 is 0 Å². The molecule has 0 aliphatic carbocycles. The van der Waals surface area contributed by atoms with Gasteiger partial charge in [0.15, 0.2) is 0 Å². The van der Waals surface area contributed by atoms with Gasteiger partial charge in [-0.25, -0.2) is 0 Å². The Labute approximate surface area is 184 Å². The van der Waals surface area contributed by atoms with Crippen molar-refractivity contribution in [3.05, 3.63) is 0 Å². The number of hydrogen-bond acceptors (Lipinski definition) is 2. The molecule has 0 amide bonds. The molecule has 0 spiro atoms. The average molecular weight is 413 g/mol. The summed E-state index contributed by atoms with van der Waals surface area (Å²) < 4.78 is 12.4. The highest BCUT2D eigenvalue weighted by molar-refractivity contribution is 4.68. The first kappa shape index (κ1) is 28.9. The lowest BCUT2D eigenvalue weighted by Gasteiger charge is -2.27. The maximum atomic E-state index is 6.19. The molecule has 0 heterocycles. The lowest BCUT2D eigenvalue weighted by atomic mass is 9.84. The van der Waals surface area contributed by atoms with Crippen LogP contribution in [0.3, 0.4) is 0 Å². The van der Waals surface area contributed by atoms with Crippen molar-refractivity contribution in [1.29, 1.82) is 0 Å². The molecule has 3 nitrogen and oxygen atoms in total. The quantitative estimate of drug-likeness (QED) is 0.259. The van der Waals surface area contributed by atoms with E-state index in [1.54, 1.807) is 0 Å². The van der Waals surface area contributed by atoms with Gasteiger partial charge in [-0.05, 0) is 61.2 Å². The first-order valence-corrected chi connectivity index (χ1v) is 12.3. The molecule has 0 bridgehead atoms. The van der Waals surface area contributed by atoms with Gasteiger partial charge in [0.25, 0.3) is 0 Å². The van der Waals surface area contributed by atoms with Crippen molar-refractivity contribution in [2.45, 2.75) is 133 Å². The van der Waals surface area contributed by atoms with E-state index in [1.807, 2.05) is 0 Å². The molecule has 0 N–H and O–H groups in total. The molecule has 4 unspecified atom stereocenters. The van der Waals surface area contributed by atoms with Crippen molar-refractivity contribution < 1.29 is 9.47 Å². The average Bonchev–Trinajstić information content (AvgIpc) is 2.51. The van der Waals surface area contributed by atoms with Gasteiger partial charge in [0.1, 0.15) is 12.5 Å². The van der Waals surface area contributed by atoms with E-state index in [2.05, 4.69) is 69.2 Å². The topological polar surface area (TPSA) is 32.6 Å². The minimum atomic E-state index is -0.0228. The summed E-state index contributed by atoms with van der Waals surface area (Å²) in [5.74, 6) is 1.37. The van der Waals surface area contributed by atoms with E-state index in [4.69, 9.17) is 14.8 Å². The fourth-order valence-electron chi connectivity index (χ4n) is 4.19. The van der Waals surface area contributed by atoms with Crippen LogP contribution in [-0.2, 0) is 9.47 Å². The summed E-state index contributed by atoms with van der Waals surface area (Å²) in [5, 5.41) is 4.95. The van der Waals surface area contributed by atoms with Crippen LogP contribution >= 0.6 is 0 Å². The molecule has 29 heavy (non-hydrogen) atoms.